The Kier molecular flexibility index (Phi) is 11.9. The number of halogens is 1. The Bertz CT molecular complexity index is 581. The standard InChI is InChI=1S/C22H36N4O2.HI/c1-23-22(24-12-7-14-28-21-11-15-27-18-21)25-16-20-10-5-6-13-26(20)17-19-8-3-2-4-9-19;/h2-4,8-9,20-21H,5-7,10-18H2,1H3,(H2,23,24,25);1H. The molecule has 164 valence electrons. The Morgan fingerprint density at radius 3 is 2.83 bits per heavy atom. The molecule has 2 heterocycles. The van der Waals surface area contributed by atoms with Gasteiger partial charge in [-0.15, -0.1) is 24.0 Å². The molecule has 2 aliphatic heterocycles. The van der Waals surface area contributed by atoms with Crippen LogP contribution in [0, 0.1) is 0 Å². The van der Waals surface area contributed by atoms with Crippen molar-refractivity contribution in [3.8, 4) is 0 Å². The summed E-state index contributed by atoms with van der Waals surface area (Å²) in [5.74, 6) is 0.884. The summed E-state index contributed by atoms with van der Waals surface area (Å²) in [5.41, 5.74) is 1.39. The van der Waals surface area contributed by atoms with Crippen LogP contribution in [-0.4, -0.2) is 69.5 Å². The molecule has 0 saturated carbocycles. The van der Waals surface area contributed by atoms with Crippen molar-refractivity contribution in [1.29, 1.82) is 0 Å². The highest BCUT2D eigenvalue weighted by Crippen LogP contribution is 2.19. The van der Waals surface area contributed by atoms with Crippen molar-refractivity contribution in [2.24, 2.45) is 4.99 Å². The zero-order valence-corrected chi connectivity index (χ0v) is 20.0. The molecule has 0 amide bonds. The van der Waals surface area contributed by atoms with E-state index < -0.39 is 0 Å². The molecule has 2 fully saturated rings. The Morgan fingerprint density at radius 1 is 1.21 bits per heavy atom. The molecule has 2 saturated heterocycles. The number of likely N-dealkylation sites (tertiary alicyclic amines) is 1. The van der Waals surface area contributed by atoms with Crippen molar-refractivity contribution in [1.82, 2.24) is 15.5 Å². The SMILES string of the molecule is CN=C(NCCCOC1CCOC1)NCC1CCCCN1Cc1ccccc1.I. The molecule has 2 unspecified atom stereocenters. The first-order chi connectivity index (χ1) is 13.8. The number of ether oxygens (including phenoxy) is 2. The van der Waals surface area contributed by atoms with Crippen LogP contribution in [0.5, 0.6) is 0 Å². The van der Waals surface area contributed by atoms with E-state index in [1.54, 1.807) is 0 Å². The molecule has 1 aromatic rings. The van der Waals surface area contributed by atoms with E-state index in [0.717, 1.165) is 58.3 Å². The number of hydrogen-bond donors (Lipinski definition) is 2. The van der Waals surface area contributed by atoms with Gasteiger partial charge >= 0.3 is 0 Å². The van der Waals surface area contributed by atoms with Crippen LogP contribution in [0.2, 0.25) is 0 Å². The maximum absolute atomic E-state index is 5.81. The van der Waals surface area contributed by atoms with Crippen LogP contribution in [0.3, 0.4) is 0 Å². The highest BCUT2D eigenvalue weighted by atomic mass is 127. The average Bonchev–Trinajstić information content (AvgIpc) is 3.25. The maximum Gasteiger partial charge on any atom is 0.191 e. The molecular weight excluding hydrogens is 479 g/mol. The van der Waals surface area contributed by atoms with E-state index in [9.17, 15) is 0 Å². The molecule has 0 bridgehead atoms. The molecule has 0 spiro atoms. The summed E-state index contributed by atoms with van der Waals surface area (Å²) in [7, 11) is 1.84. The summed E-state index contributed by atoms with van der Waals surface area (Å²) >= 11 is 0. The second-order valence-corrected chi connectivity index (χ2v) is 7.70. The molecule has 0 aromatic heterocycles. The van der Waals surface area contributed by atoms with Gasteiger partial charge in [-0.25, -0.2) is 0 Å². The predicted octanol–water partition coefficient (Wildman–Crippen LogP) is 3.02. The number of guanidine groups is 1. The third kappa shape index (κ3) is 8.78. The molecule has 2 aliphatic rings. The number of piperidine rings is 1. The van der Waals surface area contributed by atoms with E-state index in [1.165, 1.54) is 31.4 Å². The largest absolute Gasteiger partial charge is 0.379 e. The number of rotatable bonds is 9. The third-order valence-electron chi connectivity index (χ3n) is 5.56. The summed E-state index contributed by atoms with van der Waals surface area (Å²) in [6, 6.07) is 11.3. The summed E-state index contributed by atoms with van der Waals surface area (Å²) in [5, 5.41) is 6.93. The lowest BCUT2D eigenvalue weighted by atomic mass is 10.0. The van der Waals surface area contributed by atoms with Gasteiger partial charge in [-0.2, -0.15) is 0 Å². The molecule has 1 aromatic carbocycles. The average molecular weight is 516 g/mol. The fraction of sp³-hybridized carbons (Fsp3) is 0.682. The van der Waals surface area contributed by atoms with Crippen LogP contribution in [0.25, 0.3) is 0 Å². The monoisotopic (exact) mass is 516 g/mol. The topological polar surface area (TPSA) is 58.1 Å². The van der Waals surface area contributed by atoms with E-state index in [2.05, 4.69) is 50.9 Å². The first-order valence-electron chi connectivity index (χ1n) is 10.8. The number of hydrogen-bond acceptors (Lipinski definition) is 4. The van der Waals surface area contributed by atoms with Crippen LogP contribution in [0.1, 0.15) is 37.7 Å². The van der Waals surface area contributed by atoms with Gasteiger partial charge in [0.05, 0.1) is 12.7 Å². The minimum atomic E-state index is 0. The normalized spacial score (nSPS) is 22.9. The van der Waals surface area contributed by atoms with E-state index in [-0.39, 0.29) is 24.0 Å². The van der Waals surface area contributed by atoms with Crippen molar-refractivity contribution in [2.45, 2.75) is 50.8 Å². The molecule has 3 rings (SSSR count). The second-order valence-electron chi connectivity index (χ2n) is 7.70. The van der Waals surface area contributed by atoms with Gasteiger partial charge < -0.3 is 20.1 Å². The van der Waals surface area contributed by atoms with E-state index >= 15 is 0 Å². The van der Waals surface area contributed by atoms with Crippen LogP contribution in [0.15, 0.2) is 35.3 Å². The fourth-order valence-corrected chi connectivity index (χ4v) is 3.93. The fourth-order valence-electron chi connectivity index (χ4n) is 3.93. The first-order valence-corrected chi connectivity index (χ1v) is 10.8. The zero-order chi connectivity index (χ0) is 19.4. The minimum Gasteiger partial charge on any atom is -0.379 e. The number of nitrogens with zero attached hydrogens (tertiary/aromatic N) is 2. The number of nitrogens with one attached hydrogen (secondary N) is 2. The Balaban J connectivity index is 0.00000300. The second kappa shape index (κ2) is 14.2. The molecule has 29 heavy (non-hydrogen) atoms. The first kappa shape index (κ1) is 24.4. The van der Waals surface area contributed by atoms with Crippen molar-refractivity contribution in [3.63, 3.8) is 0 Å². The van der Waals surface area contributed by atoms with Gasteiger partial charge in [0.25, 0.3) is 0 Å². The van der Waals surface area contributed by atoms with Crippen LogP contribution in [-0.2, 0) is 16.0 Å². The number of benzene rings is 1. The predicted molar refractivity (Wildman–Crippen MR) is 129 cm³/mol. The van der Waals surface area contributed by atoms with Crippen LogP contribution >= 0.6 is 24.0 Å². The molecule has 2 atom stereocenters. The summed E-state index contributed by atoms with van der Waals surface area (Å²) in [4.78, 5) is 6.98. The highest BCUT2D eigenvalue weighted by Gasteiger charge is 2.22. The number of aliphatic imine (C=N–C) groups is 1. The van der Waals surface area contributed by atoms with Crippen molar-refractivity contribution in [3.05, 3.63) is 35.9 Å². The smallest absolute Gasteiger partial charge is 0.191 e. The quantitative estimate of drug-likeness (QED) is 0.229. The van der Waals surface area contributed by atoms with Crippen LogP contribution < -0.4 is 10.6 Å². The summed E-state index contributed by atoms with van der Waals surface area (Å²) in [6.45, 7) is 6.36. The molecular formula is C22H37IN4O2. The van der Waals surface area contributed by atoms with Gasteiger partial charge in [-0.1, -0.05) is 36.8 Å². The lowest BCUT2D eigenvalue weighted by molar-refractivity contribution is 0.0420. The molecule has 6 nitrogen and oxygen atoms in total. The third-order valence-corrected chi connectivity index (χ3v) is 5.56. The maximum atomic E-state index is 5.81. The molecule has 7 heteroatoms. The Hall–Kier alpha value is -0.900. The lowest BCUT2D eigenvalue weighted by Gasteiger charge is -2.36. The summed E-state index contributed by atoms with van der Waals surface area (Å²) in [6.07, 6.45) is 6.14. The van der Waals surface area contributed by atoms with Crippen LogP contribution in [0.4, 0.5) is 0 Å². The Labute approximate surface area is 192 Å². The lowest BCUT2D eigenvalue weighted by Crippen LogP contribution is -2.49. The van der Waals surface area contributed by atoms with Gasteiger partial charge in [-0.3, -0.25) is 9.89 Å². The molecule has 0 radical (unpaired) electrons. The minimum absolute atomic E-state index is 0. The highest BCUT2D eigenvalue weighted by molar-refractivity contribution is 14.0. The van der Waals surface area contributed by atoms with E-state index in [0.29, 0.717) is 12.1 Å². The van der Waals surface area contributed by atoms with Gasteiger partial charge in [0, 0.05) is 45.9 Å². The van der Waals surface area contributed by atoms with Gasteiger partial charge in [-0.05, 0) is 37.8 Å². The van der Waals surface area contributed by atoms with E-state index in [4.69, 9.17) is 9.47 Å². The van der Waals surface area contributed by atoms with Gasteiger partial charge in [0.1, 0.15) is 0 Å². The Morgan fingerprint density at radius 2 is 2.07 bits per heavy atom. The van der Waals surface area contributed by atoms with Gasteiger partial charge in [0.15, 0.2) is 5.96 Å². The van der Waals surface area contributed by atoms with Crippen molar-refractivity contribution in [2.75, 3.05) is 46.5 Å². The van der Waals surface area contributed by atoms with Crippen molar-refractivity contribution < 1.29 is 9.47 Å². The molecule has 2 N–H and O–H groups in total. The zero-order valence-electron chi connectivity index (χ0n) is 17.6. The summed E-state index contributed by atoms with van der Waals surface area (Å²) < 4.78 is 11.1. The van der Waals surface area contributed by atoms with E-state index in [1.807, 2.05) is 7.05 Å². The molecule has 0 aliphatic carbocycles. The van der Waals surface area contributed by atoms with Gasteiger partial charge in [0.2, 0.25) is 0 Å². The van der Waals surface area contributed by atoms with Crippen molar-refractivity contribution >= 4 is 29.9 Å².